The van der Waals surface area contributed by atoms with E-state index in [-0.39, 0.29) is 12.4 Å². The van der Waals surface area contributed by atoms with Crippen molar-refractivity contribution < 1.29 is 9.50 Å². The van der Waals surface area contributed by atoms with Crippen LogP contribution in [-0.2, 0) is 13.2 Å². The number of hydrogen-bond acceptors (Lipinski definition) is 1. The van der Waals surface area contributed by atoms with Crippen molar-refractivity contribution in [3.05, 3.63) is 70.1 Å². The Labute approximate surface area is 124 Å². The molecule has 1 heterocycles. The minimum absolute atomic E-state index is 0.0189. The van der Waals surface area contributed by atoms with E-state index < -0.39 is 0 Å². The summed E-state index contributed by atoms with van der Waals surface area (Å²) in [5.74, 6) is -0.255. The largest absolute Gasteiger partial charge is 0.392 e. The Morgan fingerprint density at radius 3 is 2.60 bits per heavy atom. The van der Waals surface area contributed by atoms with Gasteiger partial charge in [0.15, 0.2) is 0 Å². The maximum Gasteiger partial charge on any atom is 0.137 e. The molecule has 2 aromatic carbocycles. The molecule has 3 rings (SSSR count). The number of rotatable bonds is 3. The third-order valence-electron chi connectivity index (χ3n) is 3.45. The number of hydrogen-bond donors (Lipinski definition) is 1. The molecule has 0 aliphatic carbocycles. The van der Waals surface area contributed by atoms with Crippen LogP contribution in [0.25, 0.3) is 10.9 Å². The number of aromatic nitrogens is 1. The van der Waals surface area contributed by atoms with Crippen molar-refractivity contribution in [2.24, 2.45) is 0 Å². The summed E-state index contributed by atoms with van der Waals surface area (Å²) in [6.45, 7) is 0.599. The molecule has 0 atom stereocenters. The van der Waals surface area contributed by atoms with E-state index in [1.54, 1.807) is 6.07 Å². The molecule has 0 unspecified atom stereocenters. The molecule has 1 N–H and O–H groups in total. The normalized spacial score (nSPS) is 11.2. The molecule has 0 saturated carbocycles. The van der Waals surface area contributed by atoms with Crippen LogP contribution in [0, 0.1) is 5.82 Å². The lowest BCUT2D eigenvalue weighted by Gasteiger charge is -2.09. The van der Waals surface area contributed by atoms with Crippen LogP contribution in [0.3, 0.4) is 0 Å². The molecule has 20 heavy (non-hydrogen) atoms. The quantitative estimate of drug-likeness (QED) is 0.767. The van der Waals surface area contributed by atoms with Crippen LogP contribution < -0.4 is 0 Å². The second-order valence-electron chi connectivity index (χ2n) is 4.66. The molecule has 1 aromatic heterocycles. The maximum absolute atomic E-state index is 13.6. The molecule has 0 saturated heterocycles. The first kappa shape index (κ1) is 13.3. The van der Waals surface area contributed by atoms with Crippen molar-refractivity contribution in [1.29, 1.82) is 0 Å². The van der Waals surface area contributed by atoms with Gasteiger partial charge < -0.3 is 9.67 Å². The average molecular weight is 334 g/mol. The van der Waals surface area contributed by atoms with Gasteiger partial charge in [0.1, 0.15) is 5.82 Å². The summed E-state index contributed by atoms with van der Waals surface area (Å²) in [6.07, 6.45) is 1.96. The summed E-state index contributed by atoms with van der Waals surface area (Å²) in [5, 5.41) is 10.4. The molecule has 0 bridgehead atoms. The Kier molecular flexibility index (Phi) is 3.59. The van der Waals surface area contributed by atoms with Crippen LogP contribution in [0.1, 0.15) is 11.1 Å². The lowest BCUT2D eigenvalue weighted by Crippen LogP contribution is -2.00. The van der Waals surface area contributed by atoms with Crippen molar-refractivity contribution in [1.82, 2.24) is 4.57 Å². The number of fused-ring (bicyclic) bond motifs is 1. The van der Waals surface area contributed by atoms with E-state index in [2.05, 4.69) is 15.9 Å². The highest BCUT2D eigenvalue weighted by atomic mass is 79.9. The standard InChI is InChI=1S/C16H13BrFNO/c17-16-11(3-1-5-14(16)18)9-19-8-7-13-12(10-20)4-2-6-15(13)19/h1-8,20H,9-10H2. The van der Waals surface area contributed by atoms with Gasteiger partial charge in [-0.3, -0.25) is 0 Å². The fourth-order valence-electron chi connectivity index (χ4n) is 2.42. The van der Waals surface area contributed by atoms with E-state index in [1.807, 2.05) is 41.1 Å². The molecule has 0 aliphatic rings. The van der Waals surface area contributed by atoms with E-state index in [0.717, 1.165) is 22.0 Å². The first-order chi connectivity index (χ1) is 9.70. The van der Waals surface area contributed by atoms with E-state index in [0.29, 0.717) is 11.0 Å². The van der Waals surface area contributed by atoms with Gasteiger partial charge >= 0.3 is 0 Å². The predicted molar refractivity (Wildman–Crippen MR) is 81.1 cm³/mol. The molecular formula is C16H13BrFNO. The molecular weight excluding hydrogens is 321 g/mol. The minimum atomic E-state index is -0.255. The van der Waals surface area contributed by atoms with Gasteiger partial charge in [0.2, 0.25) is 0 Å². The van der Waals surface area contributed by atoms with Crippen LogP contribution in [0.2, 0.25) is 0 Å². The summed E-state index contributed by atoms with van der Waals surface area (Å²) in [6, 6.07) is 12.9. The summed E-state index contributed by atoms with van der Waals surface area (Å²) >= 11 is 3.29. The molecule has 0 spiro atoms. The zero-order chi connectivity index (χ0) is 14.1. The van der Waals surface area contributed by atoms with Crippen molar-refractivity contribution in [2.75, 3.05) is 0 Å². The van der Waals surface area contributed by atoms with Gasteiger partial charge in [-0.15, -0.1) is 0 Å². The van der Waals surface area contributed by atoms with Gasteiger partial charge in [-0.05, 0) is 45.3 Å². The summed E-state index contributed by atoms with van der Waals surface area (Å²) in [4.78, 5) is 0. The highest BCUT2D eigenvalue weighted by Gasteiger charge is 2.09. The predicted octanol–water partition coefficient (Wildman–Crippen LogP) is 4.08. The summed E-state index contributed by atoms with van der Waals surface area (Å²) in [5.41, 5.74) is 2.82. The van der Waals surface area contributed by atoms with Crippen LogP contribution >= 0.6 is 15.9 Å². The molecule has 2 nitrogen and oxygen atoms in total. The Balaban J connectivity index is 2.05. The number of nitrogens with zero attached hydrogens (tertiary/aromatic N) is 1. The first-order valence-electron chi connectivity index (χ1n) is 6.31. The Morgan fingerprint density at radius 2 is 1.80 bits per heavy atom. The fourth-order valence-corrected chi connectivity index (χ4v) is 2.81. The van der Waals surface area contributed by atoms with Gasteiger partial charge in [0, 0.05) is 23.6 Å². The summed E-state index contributed by atoms with van der Waals surface area (Å²) < 4.78 is 16.1. The number of benzene rings is 2. The lowest BCUT2D eigenvalue weighted by atomic mass is 10.1. The fraction of sp³-hybridized carbons (Fsp3) is 0.125. The zero-order valence-corrected chi connectivity index (χ0v) is 12.3. The van der Waals surface area contributed by atoms with Crippen LogP contribution in [-0.4, -0.2) is 9.67 Å². The molecule has 0 fully saturated rings. The minimum Gasteiger partial charge on any atom is -0.392 e. The van der Waals surface area contributed by atoms with Gasteiger partial charge in [-0.25, -0.2) is 4.39 Å². The van der Waals surface area contributed by atoms with Crippen LogP contribution in [0.4, 0.5) is 4.39 Å². The van der Waals surface area contributed by atoms with Gasteiger partial charge in [-0.2, -0.15) is 0 Å². The van der Waals surface area contributed by atoms with E-state index >= 15 is 0 Å². The van der Waals surface area contributed by atoms with Gasteiger partial charge in [-0.1, -0.05) is 24.3 Å². The highest BCUT2D eigenvalue weighted by Crippen LogP contribution is 2.25. The van der Waals surface area contributed by atoms with E-state index in [4.69, 9.17) is 0 Å². The SMILES string of the molecule is OCc1cccc2c1ccn2Cc1cccc(F)c1Br. The molecule has 4 heteroatoms. The Bertz CT molecular complexity index is 766. The lowest BCUT2D eigenvalue weighted by molar-refractivity contribution is 0.283. The van der Waals surface area contributed by atoms with Gasteiger partial charge in [0.05, 0.1) is 11.1 Å². The van der Waals surface area contributed by atoms with Crippen LogP contribution in [0.15, 0.2) is 53.1 Å². The van der Waals surface area contributed by atoms with Crippen molar-refractivity contribution in [2.45, 2.75) is 13.2 Å². The smallest absolute Gasteiger partial charge is 0.137 e. The average Bonchev–Trinajstić information content (AvgIpc) is 2.87. The topological polar surface area (TPSA) is 25.2 Å². The summed E-state index contributed by atoms with van der Waals surface area (Å²) in [7, 11) is 0. The van der Waals surface area contributed by atoms with Crippen molar-refractivity contribution >= 4 is 26.8 Å². The second-order valence-corrected chi connectivity index (χ2v) is 5.46. The van der Waals surface area contributed by atoms with Crippen LogP contribution in [0.5, 0.6) is 0 Å². The Hall–Kier alpha value is -1.65. The number of aliphatic hydroxyl groups is 1. The highest BCUT2D eigenvalue weighted by molar-refractivity contribution is 9.10. The first-order valence-corrected chi connectivity index (χ1v) is 7.10. The molecule has 3 aromatic rings. The third kappa shape index (κ3) is 2.25. The Morgan fingerprint density at radius 1 is 1.05 bits per heavy atom. The second kappa shape index (κ2) is 5.38. The van der Waals surface area contributed by atoms with Gasteiger partial charge in [0.25, 0.3) is 0 Å². The molecule has 102 valence electrons. The zero-order valence-electron chi connectivity index (χ0n) is 10.7. The maximum atomic E-state index is 13.6. The molecule has 0 radical (unpaired) electrons. The number of aliphatic hydroxyl groups excluding tert-OH is 1. The number of halogens is 2. The van der Waals surface area contributed by atoms with Crippen molar-refractivity contribution in [3.8, 4) is 0 Å². The van der Waals surface area contributed by atoms with E-state index in [9.17, 15) is 9.50 Å². The third-order valence-corrected chi connectivity index (χ3v) is 4.33. The van der Waals surface area contributed by atoms with Crippen molar-refractivity contribution in [3.63, 3.8) is 0 Å². The van der Waals surface area contributed by atoms with E-state index in [1.165, 1.54) is 6.07 Å². The molecule has 0 aliphatic heterocycles. The monoisotopic (exact) mass is 333 g/mol. The molecule has 0 amide bonds.